The molecule has 0 radical (unpaired) electrons. The fourth-order valence-electron chi connectivity index (χ4n) is 2.26. The summed E-state index contributed by atoms with van der Waals surface area (Å²) in [6.07, 6.45) is 5.31. The Balaban J connectivity index is 1.59. The molecule has 1 saturated heterocycles. The Labute approximate surface area is 104 Å². The maximum atomic E-state index is 5.24. The van der Waals surface area contributed by atoms with Crippen molar-refractivity contribution < 1.29 is 4.52 Å². The molecule has 2 fully saturated rings. The van der Waals surface area contributed by atoms with E-state index < -0.39 is 0 Å². The number of nitrogens with zero attached hydrogens (tertiary/aromatic N) is 5. The summed E-state index contributed by atoms with van der Waals surface area (Å²) in [6, 6.07) is 0.386. The standard InChI is InChI=1S/C11H14N6O/c1-2-7(1)10-13-11(18-15-10)9-6-17(16-14-9)8-3-4-12-5-8/h6-8,12H,1-5H2. The number of hydrogen-bond donors (Lipinski definition) is 1. The van der Waals surface area contributed by atoms with Crippen LogP contribution in [0.2, 0.25) is 0 Å². The minimum atomic E-state index is 0.386. The Hall–Kier alpha value is -1.76. The monoisotopic (exact) mass is 246 g/mol. The van der Waals surface area contributed by atoms with Crippen LogP contribution in [-0.2, 0) is 0 Å². The Morgan fingerprint density at radius 1 is 1.33 bits per heavy atom. The maximum absolute atomic E-state index is 5.24. The SMILES string of the molecule is c1c(-c2nc(C3CC3)no2)nnn1C1CCNC1. The summed E-state index contributed by atoms with van der Waals surface area (Å²) >= 11 is 0. The van der Waals surface area contributed by atoms with E-state index in [9.17, 15) is 0 Å². The van der Waals surface area contributed by atoms with Crippen LogP contribution in [0.1, 0.15) is 37.0 Å². The summed E-state index contributed by atoms with van der Waals surface area (Å²) in [4.78, 5) is 4.37. The molecule has 1 aliphatic carbocycles. The van der Waals surface area contributed by atoms with Gasteiger partial charge in [0.15, 0.2) is 11.5 Å². The maximum Gasteiger partial charge on any atom is 0.280 e. The second-order valence-electron chi connectivity index (χ2n) is 4.96. The van der Waals surface area contributed by atoms with E-state index >= 15 is 0 Å². The van der Waals surface area contributed by atoms with Gasteiger partial charge in [0.25, 0.3) is 5.89 Å². The zero-order valence-electron chi connectivity index (χ0n) is 9.91. The Bertz CT molecular complexity index is 551. The molecule has 3 heterocycles. The lowest BCUT2D eigenvalue weighted by atomic mass is 10.3. The molecule has 94 valence electrons. The summed E-state index contributed by atoms with van der Waals surface area (Å²) in [5, 5.41) is 15.5. The normalized spacial score (nSPS) is 23.7. The van der Waals surface area contributed by atoms with Crippen molar-refractivity contribution in [1.29, 1.82) is 0 Å². The highest BCUT2D eigenvalue weighted by Crippen LogP contribution is 2.38. The van der Waals surface area contributed by atoms with Crippen molar-refractivity contribution in [2.24, 2.45) is 0 Å². The van der Waals surface area contributed by atoms with E-state index in [-0.39, 0.29) is 0 Å². The Morgan fingerprint density at radius 2 is 2.28 bits per heavy atom. The van der Waals surface area contributed by atoms with Gasteiger partial charge >= 0.3 is 0 Å². The summed E-state index contributed by atoms with van der Waals surface area (Å²) in [6.45, 7) is 1.98. The zero-order chi connectivity index (χ0) is 11.9. The molecule has 18 heavy (non-hydrogen) atoms. The molecule has 7 heteroatoms. The van der Waals surface area contributed by atoms with E-state index in [0.717, 1.165) is 25.3 Å². The fourth-order valence-corrected chi connectivity index (χ4v) is 2.26. The molecular weight excluding hydrogens is 232 g/mol. The fraction of sp³-hybridized carbons (Fsp3) is 0.636. The van der Waals surface area contributed by atoms with Crippen molar-refractivity contribution in [1.82, 2.24) is 30.5 Å². The smallest absolute Gasteiger partial charge is 0.280 e. The summed E-state index contributed by atoms with van der Waals surface area (Å²) in [7, 11) is 0. The highest BCUT2D eigenvalue weighted by Gasteiger charge is 2.29. The van der Waals surface area contributed by atoms with Gasteiger partial charge in [-0.25, -0.2) is 4.68 Å². The third-order valence-electron chi connectivity index (χ3n) is 3.52. The van der Waals surface area contributed by atoms with Crippen LogP contribution in [0.3, 0.4) is 0 Å². The molecule has 2 aliphatic rings. The van der Waals surface area contributed by atoms with Crippen LogP contribution in [0.4, 0.5) is 0 Å². The molecule has 1 aliphatic heterocycles. The second-order valence-corrected chi connectivity index (χ2v) is 4.96. The van der Waals surface area contributed by atoms with Crippen molar-refractivity contribution in [3.63, 3.8) is 0 Å². The largest absolute Gasteiger partial charge is 0.332 e. The van der Waals surface area contributed by atoms with Gasteiger partial charge in [-0.15, -0.1) is 5.10 Å². The van der Waals surface area contributed by atoms with Gasteiger partial charge in [0.2, 0.25) is 0 Å². The van der Waals surface area contributed by atoms with Crippen molar-refractivity contribution in [2.75, 3.05) is 13.1 Å². The van der Waals surface area contributed by atoms with E-state index in [1.165, 1.54) is 12.8 Å². The molecule has 4 rings (SSSR count). The molecule has 0 bridgehead atoms. The van der Waals surface area contributed by atoms with Gasteiger partial charge in [-0.3, -0.25) is 0 Å². The van der Waals surface area contributed by atoms with Crippen molar-refractivity contribution in [2.45, 2.75) is 31.2 Å². The molecule has 1 unspecified atom stereocenters. The molecular formula is C11H14N6O. The van der Waals surface area contributed by atoms with E-state index in [1.54, 1.807) is 0 Å². The lowest BCUT2D eigenvalue weighted by Crippen LogP contribution is -2.13. The third kappa shape index (κ3) is 1.71. The van der Waals surface area contributed by atoms with E-state index in [2.05, 4.69) is 25.8 Å². The summed E-state index contributed by atoms with van der Waals surface area (Å²) < 4.78 is 7.12. The topological polar surface area (TPSA) is 81.7 Å². The molecule has 1 saturated carbocycles. The predicted octanol–water partition coefficient (Wildman–Crippen LogP) is 0.740. The minimum Gasteiger partial charge on any atom is -0.332 e. The van der Waals surface area contributed by atoms with Crippen LogP contribution < -0.4 is 5.32 Å². The first-order valence-corrected chi connectivity index (χ1v) is 6.36. The lowest BCUT2D eigenvalue weighted by molar-refractivity contribution is 0.421. The van der Waals surface area contributed by atoms with Gasteiger partial charge in [-0.05, 0) is 25.8 Å². The predicted molar refractivity (Wildman–Crippen MR) is 61.8 cm³/mol. The van der Waals surface area contributed by atoms with Crippen LogP contribution in [0.25, 0.3) is 11.6 Å². The highest BCUT2D eigenvalue weighted by atomic mass is 16.5. The number of hydrogen-bond acceptors (Lipinski definition) is 6. The average molecular weight is 246 g/mol. The molecule has 0 amide bonds. The molecule has 0 spiro atoms. The molecule has 1 atom stereocenters. The Kier molecular flexibility index (Phi) is 2.19. The van der Waals surface area contributed by atoms with Gasteiger partial charge in [0.1, 0.15) is 0 Å². The van der Waals surface area contributed by atoms with Crippen molar-refractivity contribution >= 4 is 0 Å². The van der Waals surface area contributed by atoms with Crippen LogP contribution in [0.15, 0.2) is 10.7 Å². The third-order valence-corrected chi connectivity index (χ3v) is 3.52. The quantitative estimate of drug-likeness (QED) is 0.860. The van der Waals surface area contributed by atoms with Crippen LogP contribution in [0, 0.1) is 0 Å². The van der Waals surface area contributed by atoms with E-state index in [4.69, 9.17) is 4.52 Å². The first kappa shape index (κ1) is 10.2. The molecule has 1 N–H and O–H groups in total. The second kappa shape index (κ2) is 3.88. The first-order valence-electron chi connectivity index (χ1n) is 6.36. The van der Waals surface area contributed by atoms with E-state index in [0.29, 0.717) is 23.5 Å². The minimum absolute atomic E-state index is 0.386. The Morgan fingerprint density at radius 3 is 3.06 bits per heavy atom. The van der Waals surface area contributed by atoms with Crippen LogP contribution in [-0.4, -0.2) is 38.2 Å². The number of rotatable bonds is 3. The van der Waals surface area contributed by atoms with Gasteiger partial charge in [-0.1, -0.05) is 10.4 Å². The number of aromatic nitrogens is 5. The van der Waals surface area contributed by atoms with Crippen LogP contribution >= 0.6 is 0 Å². The molecule has 7 nitrogen and oxygen atoms in total. The molecule has 2 aromatic heterocycles. The van der Waals surface area contributed by atoms with Crippen molar-refractivity contribution in [3.05, 3.63) is 12.0 Å². The lowest BCUT2D eigenvalue weighted by Gasteiger charge is -2.05. The van der Waals surface area contributed by atoms with Crippen molar-refractivity contribution in [3.8, 4) is 11.6 Å². The highest BCUT2D eigenvalue weighted by molar-refractivity contribution is 5.43. The summed E-state index contributed by atoms with van der Waals surface area (Å²) in [5.41, 5.74) is 0.668. The average Bonchev–Trinajstić information content (AvgIpc) is 2.91. The van der Waals surface area contributed by atoms with E-state index in [1.807, 2.05) is 10.9 Å². The zero-order valence-corrected chi connectivity index (χ0v) is 9.91. The van der Waals surface area contributed by atoms with Gasteiger partial charge in [-0.2, -0.15) is 4.98 Å². The van der Waals surface area contributed by atoms with Crippen LogP contribution in [0.5, 0.6) is 0 Å². The van der Waals surface area contributed by atoms with Gasteiger partial charge in [0, 0.05) is 12.5 Å². The molecule has 2 aromatic rings. The van der Waals surface area contributed by atoms with Gasteiger partial charge in [0.05, 0.1) is 12.2 Å². The number of nitrogens with one attached hydrogen (secondary N) is 1. The molecule has 0 aromatic carbocycles. The summed E-state index contributed by atoms with van der Waals surface area (Å²) in [5.74, 6) is 1.78. The van der Waals surface area contributed by atoms with Gasteiger partial charge < -0.3 is 9.84 Å². The first-order chi connectivity index (χ1) is 8.90.